The first-order chi connectivity index (χ1) is 10.1. The number of nitrogens with one attached hydrogen (secondary N) is 1. The molecule has 0 aromatic carbocycles. The van der Waals surface area contributed by atoms with Crippen molar-refractivity contribution >= 4 is 17.5 Å². The summed E-state index contributed by atoms with van der Waals surface area (Å²) in [6.07, 6.45) is 6.64. The van der Waals surface area contributed by atoms with E-state index in [1.54, 1.807) is 23.0 Å². The molecule has 1 fully saturated rings. The Bertz CT molecular complexity index is 642. The zero-order valence-corrected chi connectivity index (χ0v) is 12.5. The van der Waals surface area contributed by atoms with E-state index < -0.39 is 0 Å². The molecule has 0 bridgehead atoms. The molecule has 3 rings (SSSR count). The number of fused-ring (bicyclic) bond motifs is 1. The molecular formula is C15H21N5O. The summed E-state index contributed by atoms with van der Waals surface area (Å²) in [6.45, 7) is 6.15. The van der Waals surface area contributed by atoms with E-state index in [0.29, 0.717) is 11.2 Å². The summed E-state index contributed by atoms with van der Waals surface area (Å²) in [5.74, 6) is 0.652. The molecule has 3 heterocycles. The van der Waals surface area contributed by atoms with Crippen LogP contribution in [0.1, 0.15) is 33.1 Å². The van der Waals surface area contributed by atoms with Crippen LogP contribution in [0.3, 0.4) is 0 Å². The molecule has 1 aliphatic rings. The SMILES string of the molecule is CCC1(C)CCN(C(=O)Nc2ccnc3ccnn23)CC1. The molecule has 2 aromatic heterocycles. The quantitative estimate of drug-likeness (QED) is 0.923. The second-order valence-electron chi connectivity index (χ2n) is 6.01. The summed E-state index contributed by atoms with van der Waals surface area (Å²) in [7, 11) is 0. The Hall–Kier alpha value is -2.11. The minimum atomic E-state index is -0.0591. The number of piperidine rings is 1. The van der Waals surface area contributed by atoms with Crippen LogP contribution in [0.2, 0.25) is 0 Å². The zero-order chi connectivity index (χ0) is 14.9. The van der Waals surface area contributed by atoms with Gasteiger partial charge in [0.15, 0.2) is 5.65 Å². The molecule has 0 aliphatic carbocycles. The lowest BCUT2D eigenvalue weighted by molar-refractivity contribution is 0.133. The smallest absolute Gasteiger partial charge is 0.323 e. The van der Waals surface area contributed by atoms with Crippen LogP contribution in [0.4, 0.5) is 10.6 Å². The minimum Gasteiger partial charge on any atom is -0.324 e. The van der Waals surface area contributed by atoms with Crippen molar-refractivity contribution < 1.29 is 4.79 Å². The van der Waals surface area contributed by atoms with Crippen LogP contribution in [0, 0.1) is 5.41 Å². The molecular weight excluding hydrogens is 266 g/mol. The predicted octanol–water partition coefficient (Wildman–Crippen LogP) is 2.77. The molecule has 6 heteroatoms. The number of carbonyl (C=O) groups excluding carboxylic acids is 1. The lowest BCUT2D eigenvalue weighted by atomic mass is 9.78. The summed E-state index contributed by atoms with van der Waals surface area (Å²) >= 11 is 0. The third-order valence-electron chi connectivity index (χ3n) is 4.64. The highest BCUT2D eigenvalue weighted by Gasteiger charge is 2.30. The van der Waals surface area contributed by atoms with E-state index in [9.17, 15) is 4.79 Å². The van der Waals surface area contributed by atoms with Crippen LogP contribution in [0.15, 0.2) is 24.5 Å². The Morgan fingerprint density at radius 1 is 1.33 bits per heavy atom. The van der Waals surface area contributed by atoms with Crippen molar-refractivity contribution in [2.24, 2.45) is 5.41 Å². The van der Waals surface area contributed by atoms with Crippen molar-refractivity contribution in [1.29, 1.82) is 0 Å². The van der Waals surface area contributed by atoms with Gasteiger partial charge in [-0.3, -0.25) is 5.32 Å². The summed E-state index contributed by atoms with van der Waals surface area (Å²) in [4.78, 5) is 18.5. The van der Waals surface area contributed by atoms with Crippen molar-refractivity contribution in [3.63, 3.8) is 0 Å². The second kappa shape index (κ2) is 5.35. The highest BCUT2D eigenvalue weighted by molar-refractivity contribution is 5.88. The van der Waals surface area contributed by atoms with E-state index in [-0.39, 0.29) is 6.03 Å². The topological polar surface area (TPSA) is 62.5 Å². The predicted molar refractivity (Wildman–Crippen MR) is 81.2 cm³/mol. The normalized spacial score (nSPS) is 17.9. The van der Waals surface area contributed by atoms with Gasteiger partial charge in [0.05, 0.1) is 6.20 Å². The fourth-order valence-electron chi connectivity index (χ4n) is 2.72. The number of carbonyl (C=O) groups is 1. The molecule has 0 saturated carbocycles. The van der Waals surface area contributed by atoms with Gasteiger partial charge in [-0.25, -0.2) is 9.78 Å². The van der Waals surface area contributed by atoms with Gasteiger partial charge in [0, 0.05) is 25.4 Å². The Labute approximate surface area is 124 Å². The largest absolute Gasteiger partial charge is 0.324 e. The Balaban J connectivity index is 1.69. The number of urea groups is 1. The maximum absolute atomic E-state index is 12.4. The molecule has 2 amide bonds. The molecule has 0 radical (unpaired) electrons. The highest BCUT2D eigenvalue weighted by atomic mass is 16.2. The van der Waals surface area contributed by atoms with Crippen molar-refractivity contribution in [3.8, 4) is 0 Å². The van der Waals surface area contributed by atoms with Crippen LogP contribution >= 0.6 is 0 Å². The second-order valence-corrected chi connectivity index (χ2v) is 6.01. The van der Waals surface area contributed by atoms with Crippen LogP contribution < -0.4 is 5.32 Å². The van der Waals surface area contributed by atoms with Gasteiger partial charge < -0.3 is 4.90 Å². The molecule has 21 heavy (non-hydrogen) atoms. The molecule has 1 saturated heterocycles. The number of anilines is 1. The van der Waals surface area contributed by atoms with Crippen LogP contribution in [-0.4, -0.2) is 38.6 Å². The number of hydrogen-bond acceptors (Lipinski definition) is 3. The van der Waals surface area contributed by atoms with E-state index in [0.717, 1.165) is 31.6 Å². The van der Waals surface area contributed by atoms with Crippen LogP contribution in [-0.2, 0) is 0 Å². The number of nitrogens with zero attached hydrogens (tertiary/aromatic N) is 4. The number of rotatable bonds is 2. The molecule has 6 nitrogen and oxygen atoms in total. The zero-order valence-electron chi connectivity index (χ0n) is 12.5. The van der Waals surface area contributed by atoms with E-state index in [2.05, 4.69) is 29.2 Å². The third kappa shape index (κ3) is 2.70. The number of likely N-dealkylation sites (tertiary alicyclic amines) is 1. The van der Waals surface area contributed by atoms with Gasteiger partial charge >= 0.3 is 6.03 Å². The Morgan fingerprint density at radius 2 is 2.10 bits per heavy atom. The number of amides is 2. The number of aromatic nitrogens is 3. The van der Waals surface area contributed by atoms with Gasteiger partial charge in [-0.1, -0.05) is 20.3 Å². The standard InChI is InChI=1S/C15H21N5O/c1-3-15(2)6-10-19(11-7-15)14(21)18-13-4-8-16-12-5-9-17-20(12)13/h4-5,8-9H,3,6-7,10-11H2,1-2H3,(H,18,21). The Morgan fingerprint density at radius 3 is 2.81 bits per heavy atom. The van der Waals surface area contributed by atoms with Gasteiger partial charge in [-0.05, 0) is 24.3 Å². The summed E-state index contributed by atoms with van der Waals surface area (Å²) in [6, 6.07) is 3.51. The minimum absolute atomic E-state index is 0.0591. The average molecular weight is 287 g/mol. The monoisotopic (exact) mass is 287 g/mol. The fourth-order valence-corrected chi connectivity index (χ4v) is 2.72. The third-order valence-corrected chi connectivity index (χ3v) is 4.64. The molecule has 0 spiro atoms. The van der Waals surface area contributed by atoms with E-state index >= 15 is 0 Å². The van der Waals surface area contributed by atoms with Gasteiger partial charge in [0.2, 0.25) is 0 Å². The lowest BCUT2D eigenvalue weighted by Gasteiger charge is -2.38. The van der Waals surface area contributed by atoms with Gasteiger partial charge in [0.1, 0.15) is 5.82 Å². The molecule has 1 N–H and O–H groups in total. The first-order valence-electron chi connectivity index (χ1n) is 7.46. The molecule has 2 aromatic rings. The summed E-state index contributed by atoms with van der Waals surface area (Å²) < 4.78 is 1.64. The Kier molecular flexibility index (Phi) is 3.53. The van der Waals surface area contributed by atoms with Crippen LogP contribution in [0.5, 0.6) is 0 Å². The van der Waals surface area contributed by atoms with Crippen molar-refractivity contribution in [2.45, 2.75) is 33.1 Å². The summed E-state index contributed by atoms with van der Waals surface area (Å²) in [5, 5.41) is 7.11. The van der Waals surface area contributed by atoms with E-state index in [1.165, 1.54) is 6.42 Å². The van der Waals surface area contributed by atoms with Crippen molar-refractivity contribution in [3.05, 3.63) is 24.5 Å². The van der Waals surface area contributed by atoms with Gasteiger partial charge in [-0.15, -0.1) is 0 Å². The molecule has 112 valence electrons. The summed E-state index contributed by atoms with van der Waals surface area (Å²) in [5.41, 5.74) is 1.10. The lowest BCUT2D eigenvalue weighted by Crippen LogP contribution is -2.44. The highest BCUT2D eigenvalue weighted by Crippen LogP contribution is 2.33. The molecule has 0 atom stereocenters. The van der Waals surface area contributed by atoms with Crippen LogP contribution in [0.25, 0.3) is 5.65 Å². The number of hydrogen-bond donors (Lipinski definition) is 1. The first-order valence-corrected chi connectivity index (χ1v) is 7.46. The van der Waals surface area contributed by atoms with Gasteiger partial charge in [0.25, 0.3) is 0 Å². The maximum Gasteiger partial charge on any atom is 0.323 e. The average Bonchev–Trinajstić information content (AvgIpc) is 2.97. The maximum atomic E-state index is 12.4. The molecule has 1 aliphatic heterocycles. The fraction of sp³-hybridized carbons (Fsp3) is 0.533. The van der Waals surface area contributed by atoms with E-state index in [4.69, 9.17) is 0 Å². The van der Waals surface area contributed by atoms with Crippen molar-refractivity contribution in [2.75, 3.05) is 18.4 Å². The first kappa shape index (κ1) is 13.9. The molecule has 0 unspecified atom stereocenters. The van der Waals surface area contributed by atoms with Crippen molar-refractivity contribution in [1.82, 2.24) is 19.5 Å². The van der Waals surface area contributed by atoms with Gasteiger partial charge in [-0.2, -0.15) is 9.61 Å². The van der Waals surface area contributed by atoms with E-state index in [1.807, 2.05) is 11.0 Å².